The van der Waals surface area contributed by atoms with E-state index in [1.165, 1.54) is 0 Å². The summed E-state index contributed by atoms with van der Waals surface area (Å²) in [6, 6.07) is 0. The molecule has 1 unspecified atom stereocenters. The van der Waals surface area contributed by atoms with Gasteiger partial charge in [-0.25, -0.2) is 13.1 Å². The fourth-order valence-corrected chi connectivity index (χ4v) is 2.82. The van der Waals surface area contributed by atoms with Gasteiger partial charge < -0.3 is 4.74 Å². The van der Waals surface area contributed by atoms with E-state index in [0.717, 1.165) is 19.3 Å². The van der Waals surface area contributed by atoms with Gasteiger partial charge >= 0.3 is 0 Å². The number of sulfonamides is 1. The van der Waals surface area contributed by atoms with Gasteiger partial charge in [-0.3, -0.25) is 0 Å². The lowest BCUT2D eigenvalue weighted by molar-refractivity contribution is 0.163. The second kappa shape index (κ2) is 10.1. The number of nitrogens with one attached hydrogen (secondary N) is 1. The van der Waals surface area contributed by atoms with E-state index >= 15 is 0 Å². The summed E-state index contributed by atoms with van der Waals surface area (Å²) in [6.07, 6.45) is 2.90. The molecule has 0 heterocycles. The first-order valence-electron chi connectivity index (χ1n) is 6.16. The van der Waals surface area contributed by atoms with E-state index in [2.05, 4.69) is 11.6 Å². The van der Waals surface area contributed by atoms with Crippen molar-refractivity contribution in [1.29, 1.82) is 0 Å². The van der Waals surface area contributed by atoms with Crippen molar-refractivity contribution >= 4 is 21.6 Å². The van der Waals surface area contributed by atoms with Crippen LogP contribution in [0.1, 0.15) is 33.1 Å². The van der Waals surface area contributed by atoms with E-state index < -0.39 is 10.0 Å². The lowest BCUT2D eigenvalue weighted by Gasteiger charge is -2.15. The Morgan fingerprint density at radius 1 is 1.29 bits per heavy atom. The summed E-state index contributed by atoms with van der Waals surface area (Å²) in [5.74, 6) is 0.936. The second-order valence-electron chi connectivity index (χ2n) is 4.00. The zero-order valence-electron chi connectivity index (χ0n) is 10.7. The zero-order chi connectivity index (χ0) is 13.1. The Hall–Kier alpha value is 0.160. The Bertz CT molecular complexity index is 264. The molecule has 0 rings (SSSR count). The minimum absolute atomic E-state index is 0.0283. The van der Waals surface area contributed by atoms with Crippen molar-refractivity contribution in [3.63, 3.8) is 0 Å². The fraction of sp³-hybridized carbons (Fsp3) is 1.00. The van der Waals surface area contributed by atoms with Crippen LogP contribution in [-0.2, 0) is 14.8 Å². The number of rotatable bonds is 11. The van der Waals surface area contributed by atoms with E-state index in [4.69, 9.17) is 16.3 Å². The van der Waals surface area contributed by atoms with Crippen LogP contribution in [0.2, 0.25) is 0 Å². The van der Waals surface area contributed by atoms with E-state index in [1.807, 2.05) is 6.92 Å². The summed E-state index contributed by atoms with van der Waals surface area (Å²) in [4.78, 5) is 0. The van der Waals surface area contributed by atoms with Crippen LogP contribution in [0.4, 0.5) is 0 Å². The highest BCUT2D eigenvalue weighted by atomic mass is 35.5. The standard InChI is InChI=1S/C11H24ClNO3S/c1-3-5-11(6-7-12)10-13-17(14,15)9-8-16-4-2/h11,13H,3-10H2,1-2H3. The van der Waals surface area contributed by atoms with Crippen molar-refractivity contribution in [3.8, 4) is 0 Å². The topological polar surface area (TPSA) is 55.4 Å². The maximum absolute atomic E-state index is 11.6. The fourth-order valence-electron chi connectivity index (χ4n) is 1.54. The van der Waals surface area contributed by atoms with Crippen molar-refractivity contribution in [2.45, 2.75) is 33.1 Å². The van der Waals surface area contributed by atoms with Crippen molar-refractivity contribution in [1.82, 2.24) is 4.72 Å². The lowest BCUT2D eigenvalue weighted by atomic mass is 10.0. The Balaban J connectivity index is 3.95. The van der Waals surface area contributed by atoms with Gasteiger partial charge in [0.25, 0.3) is 0 Å². The third-order valence-corrected chi connectivity index (χ3v) is 4.04. The monoisotopic (exact) mass is 285 g/mol. The largest absolute Gasteiger partial charge is 0.381 e. The van der Waals surface area contributed by atoms with Crippen LogP contribution in [0.25, 0.3) is 0 Å². The molecule has 0 aliphatic carbocycles. The number of ether oxygens (including phenoxy) is 1. The van der Waals surface area contributed by atoms with Crippen LogP contribution in [0, 0.1) is 5.92 Å². The Morgan fingerprint density at radius 3 is 2.53 bits per heavy atom. The average molecular weight is 286 g/mol. The number of halogens is 1. The van der Waals surface area contributed by atoms with Gasteiger partial charge in [0.05, 0.1) is 12.4 Å². The molecule has 0 aromatic rings. The van der Waals surface area contributed by atoms with E-state index in [1.54, 1.807) is 0 Å². The predicted molar refractivity (Wildman–Crippen MR) is 72.0 cm³/mol. The molecular formula is C11H24ClNO3S. The van der Waals surface area contributed by atoms with E-state index in [0.29, 0.717) is 24.9 Å². The molecule has 0 spiro atoms. The summed E-state index contributed by atoms with van der Waals surface area (Å²) in [7, 11) is -3.20. The first kappa shape index (κ1) is 17.2. The average Bonchev–Trinajstić information content (AvgIpc) is 2.27. The number of alkyl halides is 1. The number of hydrogen-bond donors (Lipinski definition) is 1. The van der Waals surface area contributed by atoms with Crippen molar-refractivity contribution in [3.05, 3.63) is 0 Å². The predicted octanol–water partition coefficient (Wildman–Crippen LogP) is 1.99. The molecule has 0 aliphatic heterocycles. The van der Waals surface area contributed by atoms with Crippen LogP contribution in [0.3, 0.4) is 0 Å². The molecule has 0 aliphatic rings. The van der Waals surface area contributed by atoms with Crippen molar-refractivity contribution < 1.29 is 13.2 Å². The first-order chi connectivity index (χ1) is 8.05. The summed E-state index contributed by atoms with van der Waals surface area (Å²) >= 11 is 5.69. The molecule has 0 fully saturated rings. The van der Waals surface area contributed by atoms with Crippen molar-refractivity contribution in [2.75, 3.05) is 31.4 Å². The zero-order valence-corrected chi connectivity index (χ0v) is 12.3. The molecule has 6 heteroatoms. The van der Waals surface area contributed by atoms with Gasteiger partial charge in [0.1, 0.15) is 0 Å². The molecule has 0 radical (unpaired) electrons. The van der Waals surface area contributed by atoms with Gasteiger partial charge in [0, 0.05) is 19.0 Å². The molecule has 104 valence electrons. The quantitative estimate of drug-likeness (QED) is 0.467. The summed E-state index contributed by atoms with van der Waals surface area (Å²) in [5.41, 5.74) is 0. The molecule has 0 saturated carbocycles. The van der Waals surface area contributed by atoms with Crippen LogP contribution in [-0.4, -0.2) is 39.8 Å². The maximum Gasteiger partial charge on any atom is 0.213 e. The maximum atomic E-state index is 11.6. The molecule has 0 amide bonds. The van der Waals surface area contributed by atoms with Gasteiger partial charge in [-0.05, 0) is 25.7 Å². The molecule has 0 aromatic carbocycles. The lowest BCUT2D eigenvalue weighted by Crippen LogP contribution is -2.32. The molecule has 0 saturated heterocycles. The van der Waals surface area contributed by atoms with Crippen LogP contribution in [0.15, 0.2) is 0 Å². The van der Waals surface area contributed by atoms with Gasteiger partial charge in [-0.2, -0.15) is 0 Å². The van der Waals surface area contributed by atoms with Gasteiger partial charge in [0.15, 0.2) is 0 Å². The smallest absolute Gasteiger partial charge is 0.213 e. The Morgan fingerprint density at radius 2 is 2.00 bits per heavy atom. The SMILES string of the molecule is CCCC(CCCl)CNS(=O)(=O)CCOCC. The van der Waals surface area contributed by atoms with Crippen molar-refractivity contribution in [2.24, 2.45) is 5.92 Å². The molecule has 17 heavy (non-hydrogen) atoms. The Kier molecular flexibility index (Phi) is 10.2. The van der Waals surface area contributed by atoms with Gasteiger partial charge in [-0.1, -0.05) is 13.3 Å². The van der Waals surface area contributed by atoms with Crippen LogP contribution in [0.5, 0.6) is 0 Å². The summed E-state index contributed by atoms with van der Waals surface area (Å²) in [6.45, 7) is 5.21. The number of hydrogen-bond acceptors (Lipinski definition) is 3. The third-order valence-electron chi connectivity index (χ3n) is 2.51. The van der Waals surface area contributed by atoms with E-state index in [-0.39, 0.29) is 12.4 Å². The van der Waals surface area contributed by atoms with Crippen LogP contribution >= 0.6 is 11.6 Å². The molecule has 4 nitrogen and oxygen atoms in total. The van der Waals surface area contributed by atoms with Gasteiger partial charge in [-0.15, -0.1) is 11.6 Å². The third kappa shape index (κ3) is 9.83. The second-order valence-corrected chi connectivity index (χ2v) is 6.30. The minimum atomic E-state index is -3.20. The summed E-state index contributed by atoms with van der Waals surface area (Å²) < 4.78 is 30.8. The normalized spacial score (nSPS) is 13.8. The van der Waals surface area contributed by atoms with Crippen LogP contribution < -0.4 is 4.72 Å². The Labute approximate surface area is 110 Å². The molecule has 0 aromatic heterocycles. The molecule has 1 N–H and O–H groups in total. The highest BCUT2D eigenvalue weighted by Gasteiger charge is 2.13. The highest BCUT2D eigenvalue weighted by molar-refractivity contribution is 7.89. The minimum Gasteiger partial charge on any atom is -0.381 e. The molecular weight excluding hydrogens is 262 g/mol. The van der Waals surface area contributed by atoms with Gasteiger partial charge in [0.2, 0.25) is 10.0 Å². The van der Waals surface area contributed by atoms with E-state index in [9.17, 15) is 8.42 Å². The molecule has 1 atom stereocenters. The first-order valence-corrected chi connectivity index (χ1v) is 8.35. The molecule has 0 bridgehead atoms. The summed E-state index contributed by atoms with van der Waals surface area (Å²) in [5, 5.41) is 0. The highest BCUT2D eigenvalue weighted by Crippen LogP contribution is 2.11.